The Bertz CT molecular complexity index is 2480. The van der Waals surface area contributed by atoms with E-state index < -0.39 is 23.8 Å². The zero-order valence-corrected chi connectivity index (χ0v) is 35.5. The van der Waals surface area contributed by atoms with Gasteiger partial charge >= 0.3 is 0 Å². The molecule has 322 valence electrons. The number of carbonyl (C=O) groups excluding carboxylic acids is 4. The zero-order valence-electron chi connectivity index (χ0n) is 35.5. The Balaban J connectivity index is 0.687. The fourth-order valence-corrected chi connectivity index (χ4v) is 10.2. The van der Waals surface area contributed by atoms with Crippen LogP contribution in [0, 0.1) is 0 Å². The van der Waals surface area contributed by atoms with Crippen LogP contribution in [0.1, 0.15) is 86.1 Å². The molecule has 1 N–H and O–H groups in total. The lowest BCUT2D eigenvalue weighted by Gasteiger charge is -2.40. The van der Waals surface area contributed by atoms with Gasteiger partial charge in [-0.2, -0.15) is 0 Å². The van der Waals surface area contributed by atoms with E-state index in [2.05, 4.69) is 105 Å². The van der Waals surface area contributed by atoms with E-state index in [1.807, 2.05) is 24.3 Å². The molecule has 4 heterocycles. The Morgan fingerprint density at radius 3 is 2.11 bits per heavy atom. The van der Waals surface area contributed by atoms with Crippen LogP contribution in [0.3, 0.4) is 0 Å². The van der Waals surface area contributed by atoms with Crippen molar-refractivity contribution in [3.05, 3.63) is 160 Å². The summed E-state index contributed by atoms with van der Waals surface area (Å²) in [6, 6.07) is 41.2. The third-order valence-corrected chi connectivity index (χ3v) is 13.6. The fourth-order valence-electron chi connectivity index (χ4n) is 10.2. The molecular weight excluding hydrogens is 791 g/mol. The number of fused-ring (bicyclic) bond motifs is 2. The van der Waals surface area contributed by atoms with Gasteiger partial charge in [-0.05, 0) is 115 Å². The molecule has 2 unspecified atom stereocenters. The standard InChI is InChI=1S/C52H53N5O6/c58-48-23-22-47(50(59)53-48)57-51(60)45-20-15-39(31-46(45)52(57)61)56-28-26-54(27-29-56)24-7-25-55-32-42(33-55)63-40-16-12-37(13-17-40)49-43(36-10-5-2-6-11-36)19-14-38-30-41(18-21-44(38)49)62-34-35-8-3-1-4-9-35/h1-6,8-13,15-18,20-21,30-31,42-43,47,49H,7,14,19,22-29,32-34H2,(H,53,58,59)/t43-,47?,49?/m1/s1. The summed E-state index contributed by atoms with van der Waals surface area (Å²) in [6.07, 6.45) is 3.62. The molecule has 11 heteroatoms. The molecule has 0 saturated carbocycles. The second-order valence-corrected chi connectivity index (χ2v) is 17.6. The quantitative estimate of drug-likeness (QED) is 0.128. The Morgan fingerprint density at radius 2 is 1.35 bits per heavy atom. The van der Waals surface area contributed by atoms with Gasteiger partial charge in [-0.1, -0.05) is 78.9 Å². The molecular formula is C52H53N5O6. The van der Waals surface area contributed by atoms with E-state index in [1.54, 1.807) is 12.1 Å². The largest absolute Gasteiger partial charge is 0.489 e. The molecule has 11 nitrogen and oxygen atoms in total. The van der Waals surface area contributed by atoms with Crippen molar-refractivity contribution in [1.29, 1.82) is 0 Å². The lowest BCUT2D eigenvalue weighted by Crippen LogP contribution is -2.54. The van der Waals surface area contributed by atoms with E-state index in [-0.39, 0.29) is 30.8 Å². The number of hydrogen-bond donors (Lipinski definition) is 1. The molecule has 0 bridgehead atoms. The van der Waals surface area contributed by atoms with E-state index in [0.29, 0.717) is 23.7 Å². The SMILES string of the molecule is O=C1CCC(N2C(=O)c3ccc(N4CCN(CCCN5CC(Oc6ccc(C7c8ccc(OCc9ccccc9)cc8CC[C@@H]7c7ccccc7)cc6)C5)CC4)cc3C2=O)C(=O)N1. The summed E-state index contributed by atoms with van der Waals surface area (Å²) >= 11 is 0. The Morgan fingerprint density at radius 1 is 0.635 bits per heavy atom. The van der Waals surface area contributed by atoms with E-state index in [1.165, 1.54) is 27.8 Å². The second-order valence-electron chi connectivity index (χ2n) is 17.6. The van der Waals surface area contributed by atoms with Crippen LogP contribution in [-0.4, -0.2) is 103 Å². The van der Waals surface area contributed by atoms with Crippen LogP contribution in [0.4, 0.5) is 5.69 Å². The zero-order chi connectivity index (χ0) is 42.9. The summed E-state index contributed by atoms with van der Waals surface area (Å²) in [6.45, 7) is 7.93. The molecule has 4 amide bonds. The molecule has 4 aliphatic heterocycles. The number of piperidine rings is 1. The Labute approximate surface area is 368 Å². The number of nitrogens with zero attached hydrogens (tertiary/aromatic N) is 4. The maximum Gasteiger partial charge on any atom is 0.262 e. The highest BCUT2D eigenvalue weighted by Crippen LogP contribution is 2.47. The van der Waals surface area contributed by atoms with Crippen molar-refractivity contribution in [2.24, 2.45) is 0 Å². The van der Waals surface area contributed by atoms with Gasteiger partial charge in [-0.3, -0.25) is 39.2 Å². The van der Waals surface area contributed by atoms with Crippen LogP contribution < -0.4 is 19.7 Å². The number of amides is 4. The Kier molecular flexibility index (Phi) is 11.5. The number of benzene rings is 5. The average Bonchev–Trinajstić information content (AvgIpc) is 3.55. The molecule has 3 atom stereocenters. The number of likely N-dealkylation sites (tertiary alicyclic amines) is 1. The number of aryl methyl sites for hydroxylation is 1. The number of ether oxygens (including phenoxy) is 2. The minimum Gasteiger partial charge on any atom is -0.489 e. The summed E-state index contributed by atoms with van der Waals surface area (Å²) in [5.41, 5.74) is 8.13. The number of rotatable bonds is 13. The van der Waals surface area contributed by atoms with Gasteiger partial charge in [0, 0.05) is 57.3 Å². The molecule has 5 aliphatic rings. The average molecular weight is 844 g/mol. The van der Waals surface area contributed by atoms with Gasteiger partial charge in [0.2, 0.25) is 11.8 Å². The predicted molar refractivity (Wildman–Crippen MR) is 240 cm³/mol. The molecule has 63 heavy (non-hydrogen) atoms. The van der Waals surface area contributed by atoms with E-state index in [4.69, 9.17) is 9.47 Å². The number of imide groups is 2. The van der Waals surface area contributed by atoms with E-state index >= 15 is 0 Å². The van der Waals surface area contributed by atoms with Gasteiger partial charge < -0.3 is 14.4 Å². The Hall–Kier alpha value is -6.30. The first-order chi connectivity index (χ1) is 30.8. The van der Waals surface area contributed by atoms with Gasteiger partial charge in [-0.15, -0.1) is 0 Å². The summed E-state index contributed by atoms with van der Waals surface area (Å²) in [4.78, 5) is 58.8. The number of piperazine rings is 1. The smallest absolute Gasteiger partial charge is 0.262 e. The molecule has 10 rings (SSSR count). The van der Waals surface area contributed by atoms with Gasteiger partial charge in [0.05, 0.1) is 11.1 Å². The van der Waals surface area contributed by atoms with Crippen molar-refractivity contribution in [3.8, 4) is 11.5 Å². The third-order valence-electron chi connectivity index (χ3n) is 13.6. The maximum atomic E-state index is 13.3. The van der Waals surface area contributed by atoms with Crippen molar-refractivity contribution in [3.63, 3.8) is 0 Å². The topological polar surface area (TPSA) is 112 Å². The van der Waals surface area contributed by atoms with Crippen molar-refractivity contribution >= 4 is 29.3 Å². The van der Waals surface area contributed by atoms with E-state index in [9.17, 15) is 19.2 Å². The van der Waals surface area contributed by atoms with Crippen LogP contribution in [-0.2, 0) is 22.6 Å². The highest BCUT2D eigenvalue weighted by Gasteiger charge is 2.45. The number of carbonyl (C=O) groups is 4. The van der Waals surface area contributed by atoms with Crippen LogP contribution in [0.5, 0.6) is 11.5 Å². The van der Waals surface area contributed by atoms with Crippen molar-refractivity contribution < 1.29 is 28.7 Å². The first kappa shape index (κ1) is 40.8. The summed E-state index contributed by atoms with van der Waals surface area (Å²) in [5.74, 6) is 0.541. The monoisotopic (exact) mass is 843 g/mol. The number of nitrogens with one attached hydrogen (secondary N) is 1. The normalized spacial score (nSPS) is 21.7. The van der Waals surface area contributed by atoms with Crippen LogP contribution in [0.2, 0.25) is 0 Å². The lowest BCUT2D eigenvalue weighted by molar-refractivity contribution is -0.136. The van der Waals surface area contributed by atoms with Crippen molar-refractivity contribution in [2.75, 3.05) is 57.3 Å². The minimum absolute atomic E-state index is 0.102. The lowest BCUT2D eigenvalue weighted by atomic mass is 9.69. The van der Waals surface area contributed by atoms with E-state index in [0.717, 1.165) is 93.7 Å². The third kappa shape index (κ3) is 8.60. The van der Waals surface area contributed by atoms with Crippen molar-refractivity contribution in [1.82, 2.24) is 20.0 Å². The van der Waals surface area contributed by atoms with Gasteiger partial charge in [-0.25, -0.2) is 0 Å². The molecule has 0 spiro atoms. The molecule has 5 aromatic rings. The summed E-state index contributed by atoms with van der Waals surface area (Å²) in [7, 11) is 0. The second kappa shape index (κ2) is 17.8. The molecule has 0 aromatic heterocycles. The van der Waals surface area contributed by atoms with Gasteiger partial charge in [0.15, 0.2) is 0 Å². The van der Waals surface area contributed by atoms with Gasteiger partial charge in [0.25, 0.3) is 11.8 Å². The molecule has 0 radical (unpaired) electrons. The highest BCUT2D eigenvalue weighted by atomic mass is 16.5. The highest BCUT2D eigenvalue weighted by molar-refractivity contribution is 6.23. The first-order valence-corrected chi connectivity index (χ1v) is 22.5. The minimum atomic E-state index is -0.961. The van der Waals surface area contributed by atoms with Crippen LogP contribution in [0.15, 0.2) is 121 Å². The molecule has 1 aliphatic carbocycles. The fraction of sp³-hybridized carbons (Fsp3) is 0.346. The van der Waals surface area contributed by atoms with Crippen LogP contribution >= 0.6 is 0 Å². The maximum absolute atomic E-state index is 13.3. The first-order valence-electron chi connectivity index (χ1n) is 22.5. The molecule has 3 fully saturated rings. The number of hydrogen-bond acceptors (Lipinski definition) is 9. The predicted octanol–water partition coefficient (Wildman–Crippen LogP) is 6.80. The van der Waals surface area contributed by atoms with Crippen LogP contribution in [0.25, 0.3) is 0 Å². The summed E-state index contributed by atoms with van der Waals surface area (Å²) < 4.78 is 12.7. The van der Waals surface area contributed by atoms with Gasteiger partial charge in [0.1, 0.15) is 30.3 Å². The number of anilines is 1. The molecule has 5 aromatic carbocycles. The molecule has 3 saturated heterocycles. The van der Waals surface area contributed by atoms with Crippen molar-refractivity contribution in [2.45, 2.75) is 62.7 Å². The summed E-state index contributed by atoms with van der Waals surface area (Å²) in [5, 5.41) is 2.25.